The number of fused-ring (bicyclic) bond motifs is 2. The number of hydrogen-bond donors (Lipinski definition) is 1. The van der Waals surface area contributed by atoms with Gasteiger partial charge in [0, 0.05) is 18.2 Å². The Bertz CT molecular complexity index is 1270. The largest absolute Gasteiger partial charge is 0.494 e. The molecule has 0 amide bonds. The van der Waals surface area contributed by atoms with E-state index < -0.39 is 0 Å². The minimum Gasteiger partial charge on any atom is -0.494 e. The van der Waals surface area contributed by atoms with E-state index in [1.165, 1.54) is 19.2 Å². The summed E-state index contributed by atoms with van der Waals surface area (Å²) in [4.78, 5) is 11.4. The fraction of sp³-hybridized carbons (Fsp3) is 0.423. The number of aromatic nitrogens is 4. The molecule has 2 aromatic heterocycles. The molecule has 0 atom stereocenters. The van der Waals surface area contributed by atoms with Gasteiger partial charge in [0.05, 0.1) is 12.0 Å². The third kappa shape index (κ3) is 4.25. The Balaban J connectivity index is 1.49. The van der Waals surface area contributed by atoms with Gasteiger partial charge in [-0.1, -0.05) is 18.2 Å². The van der Waals surface area contributed by atoms with Crippen molar-refractivity contribution in [3.63, 3.8) is 0 Å². The fourth-order valence-electron chi connectivity index (χ4n) is 4.88. The summed E-state index contributed by atoms with van der Waals surface area (Å²) >= 11 is 0. The highest BCUT2D eigenvalue weighted by Gasteiger charge is 2.24. The van der Waals surface area contributed by atoms with Crippen LogP contribution in [-0.4, -0.2) is 50.4 Å². The molecule has 2 aromatic carbocycles. The van der Waals surface area contributed by atoms with Crippen LogP contribution in [0.15, 0.2) is 42.7 Å². The lowest BCUT2D eigenvalue weighted by molar-refractivity contribution is 0.140. The smallest absolute Gasteiger partial charge is 0.163 e. The van der Waals surface area contributed by atoms with Crippen molar-refractivity contribution < 1.29 is 4.74 Å². The number of likely N-dealkylation sites (tertiary alicyclic amines) is 1. The molecule has 1 fully saturated rings. The average Bonchev–Trinajstić information content (AvgIpc) is 3.19. The van der Waals surface area contributed by atoms with Gasteiger partial charge in [0.15, 0.2) is 5.65 Å². The van der Waals surface area contributed by atoms with Crippen LogP contribution in [0.4, 0.5) is 5.82 Å². The molecule has 2 N–H and O–H groups in total. The molecular formula is C26H32N6O. The number of nitrogens with zero attached hydrogens (tertiary/aromatic N) is 5. The van der Waals surface area contributed by atoms with E-state index >= 15 is 0 Å². The van der Waals surface area contributed by atoms with Gasteiger partial charge in [-0.25, -0.2) is 14.6 Å². The van der Waals surface area contributed by atoms with Crippen LogP contribution in [0.25, 0.3) is 33.1 Å². The van der Waals surface area contributed by atoms with Gasteiger partial charge in [-0.3, -0.25) is 0 Å². The zero-order chi connectivity index (χ0) is 22.9. The average molecular weight is 445 g/mol. The lowest BCUT2D eigenvalue weighted by Crippen LogP contribution is -2.39. The zero-order valence-corrected chi connectivity index (χ0v) is 19.7. The van der Waals surface area contributed by atoms with Gasteiger partial charge in [0.25, 0.3) is 0 Å². The number of rotatable bonds is 6. The monoisotopic (exact) mass is 444 g/mol. The van der Waals surface area contributed by atoms with Crippen molar-refractivity contribution in [2.45, 2.75) is 46.2 Å². The number of ether oxygens (including phenoxy) is 1. The highest BCUT2D eigenvalue weighted by molar-refractivity contribution is 6.00. The molecule has 5 rings (SSSR count). The first-order chi connectivity index (χ1) is 16.0. The second-order valence-electron chi connectivity index (χ2n) is 9.22. The third-order valence-electron chi connectivity index (χ3n) is 6.77. The fourth-order valence-corrected chi connectivity index (χ4v) is 4.88. The number of nitrogen functional groups attached to an aromatic ring is 1. The zero-order valence-electron chi connectivity index (χ0n) is 19.7. The normalized spacial score (nSPS) is 15.6. The number of benzene rings is 2. The standard InChI is InChI=1S/C26H32N6O/c1-4-33-22-8-7-19-13-21(6-5-20(19)14-22)24-23-25(27)28-16-29-26(23)32(30-24)15-18-9-11-31(12-10-18)17(2)3/h5-8,13-14,16-18H,4,9-12,15H2,1-3H3,(H2,27,28,29). The Hall–Kier alpha value is -3.19. The molecule has 7 nitrogen and oxygen atoms in total. The van der Waals surface area contributed by atoms with Crippen molar-refractivity contribution in [2.24, 2.45) is 5.92 Å². The van der Waals surface area contributed by atoms with Gasteiger partial charge >= 0.3 is 0 Å². The van der Waals surface area contributed by atoms with Crippen LogP contribution in [0.3, 0.4) is 0 Å². The SMILES string of the molecule is CCOc1ccc2cc(-c3nn(CC4CCN(C(C)C)CC4)c4ncnc(N)c34)ccc2c1. The molecule has 1 aliphatic heterocycles. The number of anilines is 1. The van der Waals surface area contributed by atoms with Crippen LogP contribution in [0, 0.1) is 5.92 Å². The molecule has 1 saturated heterocycles. The first kappa shape index (κ1) is 21.6. The minimum atomic E-state index is 0.475. The summed E-state index contributed by atoms with van der Waals surface area (Å²) in [7, 11) is 0. The van der Waals surface area contributed by atoms with Crippen LogP contribution in [0.2, 0.25) is 0 Å². The van der Waals surface area contributed by atoms with Gasteiger partial charge in [0.1, 0.15) is 23.6 Å². The van der Waals surface area contributed by atoms with Gasteiger partial charge in [0.2, 0.25) is 0 Å². The van der Waals surface area contributed by atoms with E-state index in [1.807, 2.05) is 17.7 Å². The number of hydrogen-bond acceptors (Lipinski definition) is 6. The molecule has 0 radical (unpaired) electrons. The summed E-state index contributed by atoms with van der Waals surface area (Å²) in [6, 6.07) is 13.1. The second-order valence-corrected chi connectivity index (χ2v) is 9.22. The van der Waals surface area contributed by atoms with E-state index in [9.17, 15) is 0 Å². The molecule has 7 heteroatoms. The molecule has 1 aliphatic rings. The summed E-state index contributed by atoms with van der Waals surface area (Å²) in [5, 5.41) is 8.12. The van der Waals surface area contributed by atoms with Crippen molar-refractivity contribution in [1.29, 1.82) is 0 Å². The Morgan fingerprint density at radius 2 is 1.82 bits per heavy atom. The lowest BCUT2D eigenvalue weighted by atomic mass is 9.96. The van der Waals surface area contributed by atoms with E-state index in [2.05, 4.69) is 59.0 Å². The maximum Gasteiger partial charge on any atom is 0.163 e. The molecule has 0 aliphatic carbocycles. The van der Waals surface area contributed by atoms with Crippen LogP contribution in [0.5, 0.6) is 5.75 Å². The molecule has 4 aromatic rings. The summed E-state index contributed by atoms with van der Waals surface area (Å²) < 4.78 is 7.69. The Morgan fingerprint density at radius 1 is 1.06 bits per heavy atom. The maximum absolute atomic E-state index is 6.33. The summed E-state index contributed by atoms with van der Waals surface area (Å²) in [6.07, 6.45) is 3.89. The summed E-state index contributed by atoms with van der Waals surface area (Å²) in [6.45, 7) is 10.3. The molecule has 0 unspecified atom stereocenters. The van der Waals surface area contributed by atoms with Crippen molar-refractivity contribution in [2.75, 3.05) is 25.4 Å². The highest BCUT2D eigenvalue weighted by Crippen LogP contribution is 2.33. The first-order valence-electron chi connectivity index (χ1n) is 11.9. The van der Waals surface area contributed by atoms with Crippen LogP contribution in [-0.2, 0) is 6.54 Å². The molecule has 0 saturated carbocycles. The van der Waals surface area contributed by atoms with E-state index in [4.69, 9.17) is 15.6 Å². The Morgan fingerprint density at radius 3 is 2.58 bits per heavy atom. The van der Waals surface area contributed by atoms with Crippen LogP contribution in [0.1, 0.15) is 33.6 Å². The molecule has 0 spiro atoms. The molecule has 3 heterocycles. The minimum absolute atomic E-state index is 0.475. The van der Waals surface area contributed by atoms with Crippen molar-refractivity contribution in [1.82, 2.24) is 24.6 Å². The third-order valence-corrected chi connectivity index (χ3v) is 6.77. The van der Waals surface area contributed by atoms with Crippen molar-refractivity contribution in [3.8, 4) is 17.0 Å². The van der Waals surface area contributed by atoms with Crippen molar-refractivity contribution >= 4 is 27.6 Å². The molecular weight excluding hydrogens is 412 g/mol. The highest BCUT2D eigenvalue weighted by atomic mass is 16.5. The topological polar surface area (TPSA) is 82.1 Å². The predicted octanol–water partition coefficient (Wildman–Crippen LogP) is 4.75. The van der Waals surface area contributed by atoms with E-state index in [0.29, 0.717) is 24.4 Å². The van der Waals surface area contributed by atoms with Gasteiger partial charge < -0.3 is 15.4 Å². The van der Waals surface area contributed by atoms with E-state index in [-0.39, 0.29) is 0 Å². The van der Waals surface area contributed by atoms with E-state index in [0.717, 1.165) is 58.4 Å². The Kier molecular flexibility index (Phi) is 5.89. The summed E-state index contributed by atoms with van der Waals surface area (Å²) in [5.41, 5.74) is 9.01. The van der Waals surface area contributed by atoms with E-state index in [1.54, 1.807) is 0 Å². The van der Waals surface area contributed by atoms with Gasteiger partial charge in [-0.05, 0) is 81.6 Å². The molecule has 33 heavy (non-hydrogen) atoms. The molecule has 0 bridgehead atoms. The lowest BCUT2D eigenvalue weighted by Gasteiger charge is -2.34. The van der Waals surface area contributed by atoms with Crippen LogP contribution >= 0.6 is 0 Å². The maximum atomic E-state index is 6.33. The van der Waals surface area contributed by atoms with Crippen molar-refractivity contribution in [3.05, 3.63) is 42.7 Å². The first-order valence-corrected chi connectivity index (χ1v) is 11.9. The molecule has 172 valence electrons. The number of nitrogens with two attached hydrogens (primary N) is 1. The van der Waals surface area contributed by atoms with Gasteiger partial charge in [-0.2, -0.15) is 5.10 Å². The Labute approximate surface area is 194 Å². The summed E-state index contributed by atoms with van der Waals surface area (Å²) in [5.74, 6) is 1.94. The quantitative estimate of drug-likeness (QED) is 0.462. The number of piperidine rings is 1. The second kappa shape index (κ2) is 8.98. The van der Waals surface area contributed by atoms with Gasteiger partial charge in [-0.15, -0.1) is 0 Å². The van der Waals surface area contributed by atoms with Crippen LogP contribution < -0.4 is 10.5 Å². The predicted molar refractivity (Wildman–Crippen MR) is 133 cm³/mol.